The predicted molar refractivity (Wildman–Crippen MR) is 90.4 cm³/mol. The summed E-state index contributed by atoms with van der Waals surface area (Å²) in [5.74, 6) is 0. The molecular formula is C19H24N2O. The summed E-state index contributed by atoms with van der Waals surface area (Å²) in [6, 6.07) is 18.8. The van der Waals surface area contributed by atoms with E-state index in [-0.39, 0.29) is 0 Å². The van der Waals surface area contributed by atoms with Crippen molar-refractivity contribution in [3.8, 4) is 0 Å². The fourth-order valence-electron chi connectivity index (χ4n) is 2.79. The first-order valence-electron chi connectivity index (χ1n) is 8.13. The molecule has 3 rings (SSSR count). The number of hydrogen-bond acceptors (Lipinski definition) is 3. The summed E-state index contributed by atoms with van der Waals surface area (Å²) in [6.45, 7) is 1.53. The molecule has 0 aromatic heterocycles. The first-order chi connectivity index (χ1) is 10.9. The molecule has 0 saturated heterocycles. The van der Waals surface area contributed by atoms with E-state index in [1.165, 1.54) is 36.8 Å². The van der Waals surface area contributed by atoms with E-state index in [0.717, 1.165) is 18.8 Å². The van der Waals surface area contributed by atoms with Crippen molar-refractivity contribution >= 4 is 5.69 Å². The van der Waals surface area contributed by atoms with Gasteiger partial charge < -0.3 is 10.2 Å². The SMILES string of the molecule is c1ccc(NNCc2ccc(COC3CCCC3)cc2)cc1. The summed E-state index contributed by atoms with van der Waals surface area (Å²) in [6.07, 6.45) is 5.59. The minimum atomic E-state index is 0.483. The third-order valence-corrected chi connectivity index (χ3v) is 4.11. The quantitative estimate of drug-likeness (QED) is 0.749. The van der Waals surface area contributed by atoms with Crippen LogP contribution in [-0.2, 0) is 17.9 Å². The Kier molecular flexibility index (Phi) is 5.46. The van der Waals surface area contributed by atoms with E-state index in [0.29, 0.717) is 6.10 Å². The first kappa shape index (κ1) is 15.1. The second-order valence-electron chi connectivity index (χ2n) is 5.88. The van der Waals surface area contributed by atoms with Crippen LogP contribution in [0.15, 0.2) is 54.6 Å². The maximum Gasteiger partial charge on any atom is 0.0720 e. The minimum absolute atomic E-state index is 0.483. The van der Waals surface area contributed by atoms with Gasteiger partial charge >= 0.3 is 0 Å². The molecule has 1 aliphatic rings. The van der Waals surface area contributed by atoms with Crippen LogP contribution >= 0.6 is 0 Å². The topological polar surface area (TPSA) is 33.3 Å². The maximum absolute atomic E-state index is 5.94. The van der Waals surface area contributed by atoms with Crippen molar-refractivity contribution in [1.82, 2.24) is 5.43 Å². The molecule has 0 amide bonds. The molecule has 0 radical (unpaired) electrons. The highest BCUT2D eigenvalue weighted by molar-refractivity contribution is 5.41. The standard InChI is InChI=1S/C19H24N2O/c1-2-6-18(7-3-1)21-20-14-16-10-12-17(13-11-16)15-22-19-8-4-5-9-19/h1-3,6-7,10-13,19-21H,4-5,8-9,14-15H2. The van der Waals surface area contributed by atoms with Crippen LogP contribution in [-0.4, -0.2) is 6.10 Å². The summed E-state index contributed by atoms with van der Waals surface area (Å²) in [5.41, 5.74) is 10.0. The number of anilines is 1. The van der Waals surface area contributed by atoms with Gasteiger partial charge in [0, 0.05) is 12.2 Å². The van der Waals surface area contributed by atoms with Gasteiger partial charge in [-0.2, -0.15) is 0 Å². The third-order valence-electron chi connectivity index (χ3n) is 4.11. The largest absolute Gasteiger partial charge is 0.374 e. The molecule has 0 bridgehead atoms. The van der Waals surface area contributed by atoms with Gasteiger partial charge in [-0.3, -0.25) is 0 Å². The van der Waals surface area contributed by atoms with Gasteiger partial charge in [-0.1, -0.05) is 55.3 Å². The van der Waals surface area contributed by atoms with Crippen LogP contribution in [0.2, 0.25) is 0 Å². The lowest BCUT2D eigenvalue weighted by molar-refractivity contribution is 0.0457. The maximum atomic E-state index is 5.94. The second-order valence-corrected chi connectivity index (χ2v) is 5.88. The molecule has 0 heterocycles. The zero-order valence-corrected chi connectivity index (χ0v) is 12.9. The summed E-state index contributed by atoms with van der Waals surface area (Å²) in [4.78, 5) is 0. The highest BCUT2D eigenvalue weighted by atomic mass is 16.5. The van der Waals surface area contributed by atoms with Crippen LogP contribution in [0.3, 0.4) is 0 Å². The van der Waals surface area contributed by atoms with E-state index in [4.69, 9.17) is 4.74 Å². The number of hydrogen-bond donors (Lipinski definition) is 2. The summed E-state index contributed by atoms with van der Waals surface area (Å²) >= 11 is 0. The Balaban J connectivity index is 1.41. The average molecular weight is 296 g/mol. The molecule has 1 saturated carbocycles. The van der Waals surface area contributed by atoms with E-state index in [1.807, 2.05) is 30.3 Å². The number of hydrazine groups is 1. The van der Waals surface area contributed by atoms with E-state index in [2.05, 4.69) is 35.1 Å². The molecule has 1 aliphatic carbocycles. The molecule has 2 aromatic carbocycles. The lowest BCUT2D eigenvalue weighted by Crippen LogP contribution is -2.20. The van der Waals surface area contributed by atoms with Crippen molar-refractivity contribution < 1.29 is 4.74 Å². The highest BCUT2D eigenvalue weighted by Gasteiger charge is 2.14. The van der Waals surface area contributed by atoms with Crippen LogP contribution in [0.25, 0.3) is 0 Å². The zero-order chi connectivity index (χ0) is 15.0. The zero-order valence-electron chi connectivity index (χ0n) is 12.9. The second kappa shape index (κ2) is 7.97. The first-order valence-corrected chi connectivity index (χ1v) is 8.13. The monoisotopic (exact) mass is 296 g/mol. The van der Waals surface area contributed by atoms with Crippen LogP contribution in [0, 0.1) is 0 Å². The van der Waals surface area contributed by atoms with Crippen molar-refractivity contribution in [2.24, 2.45) is 0 Å². The van der Waals surface area contributed by atoms with Crippen LogP contribution in [0.1, 0.15) is 36.8 Å². The number of nitrogens with one attached hydrogen (secondary N) is 2. The van der Waals surface area contributed by atoms with Gasteiger partial charge in [-0.15, -0.1) is 0 Å². The molecule has 2 N–H and O–H groups in total. The molecule has 0 unspecified atom stereocenters. The number of ether oxygens (including phenoxy) is 1. The van der Waals surface area contributed by atoms with Gasteiger partial charge in [-0.25, -0.2) is 5.43 Å². The lowest BCUT2D eigenvalue weighted by Gasteiger charge is -2.12. The van der Waals surface area contributed by atoms with Crippen molar-refractivity contribution in [3.63, 3.8) is 0 Å². The van der Waals surface area contributed by atoms with Gasteiger partial charge in [0.05, 0.1) is 12.7 Å². The summed E-state index contributed by atoms with van der Waals surface area (Å²) in [7, 11) is 0. The fraction of sp³-hybridized carbons (Fsp3) is 0.368. The summed E-state index contributed by atoms with van der Waals surface area (Å²) < 4.78 is 5.94. The van der Waals surface area contributed by atoms with E-state index in [9.17, 15) is 0 Å². The van der Waals surface area contributed by atoms with Gasteiger partial charge in [0.2, 0.25) is 0 Å². The predicted octanol–water partition coefficient (Wildman–Crippen LogP) is 4.26. The minimum Gasteiger partial charge on any atom is -0.374 e. The smallest absolute Gasteiger partial charge is 0.0720 e. The third kappa shape index (κ3) is 4.58. The molecule has 1 fully saturated rings. The van der Waals surface area contributed by atoms with Crippen molar-refractivity contribution in [2.75, 3.05) is 5.43 Å². The van der Waals surface area contributed by atoms with Gasteiger partial charge in [0.25, 0.3) is 0 Å². The van der Waals surface area contributed by atoms with E-state index < -0.39 is 0 Å². The Labute approximate surface area is 132 Å². The molecule has 2 aromatic rings. The van der Waals surface area contributed by atoms with Gasteiger partial charge in [0.15, 0.2) is 0 Å². The van der Waals surface area contributed by atoms with Crippen molar-refractivity contribution in [1.29, 1.82) is 0 Å². The Morgan fingerprint density at radius 1 is 0.864 bits per heavy atom. The molecular weight excluding hydrogens is 272 g/mol. The highest BCUT2D eigenvalue weighted by Crippen LogP contribution is 2.22. The van der Waals surface area contributed by atoms with Crippen LogP contribution in [0.5, 0.6) is 0 Å². The van der Waals surface area contributed by atoms with Crippen LogP contribution in [0.4, 0.5) is 5.69 Å². The molecule has 3 heteroatoms. The molecule has 0 atom stereocenters. The molecule has 22 heavy (non-hydrogen) atoms. The van der Waals surface area contributed by atoms with Crippen molar-refractivity contribution in [2.45, 2.75) is 44.9 Å². The Bertz CT molecular complexity index is 547. The molecule has 3 nitrogen and oxygen atoms in total. The molecule has 116 valence electrons. The van der Waals surface area contributed by atoms with Crippen LogP contribution < -0.4 is 10.9 Å². The lowest BCUT2D eigenvalue weighted by atomic mass is 10.1. The average Bonchev–Trinajstić information content (AvgIpc) is 3.09. The Hall–Kier alpha value is -1.84. The fourth-order valence-corrected chi connectivity index (χ4v) is 2.79. The Morgan fingerprint density at radius 2 is 1.55 bits per heavy atom. The van der Waals surface area contributed by atoms with Crippen molar-refractivity contribution in [3.05, 3.63) is 65.7 Å². The Morgan fingerprint density at radius 3 is 2.27 bits per heavy atom. The van der Waals surface area contributed by atoms with Gasteiger partial charge in [-0.05, 0) is 36.1 Å². The normalized spacial score (nSPS) is 15.1. The van der Waals surface area contributed by atoms with Gasteiger partial charge in [0.1, 0.15) is 0 Å². The van der Waals surface area contributed by atoms with E-state index in [1.54, 1.807) is 0 Å². The number of benzene rings is 2. The number of para-hydroxylation sites is 1. The van der Waals surface area contributed by atoms with E-state index >= 15 is 0 Å². The molecule has 0 spiro atoms. The number of rotatable bonds is 7. The molecule has 0 aliphatic heterocycles. The summed E-state index contributed by atoms with van der Waals surface area (Å²) in [5, 5.41) is 0.